The topological polar surface area (TPSA) is 70.3 Å². The number of carboxylic acids is 1. The molecule has 0 amide bonds. The van der Waals surface area contributed by atoms with E-state index in [1.54, 1.807) is 20.1 Å². The predicted molar refractivity (Wildman–Crippen MR) is 72.0 cm³/mol. The van der Waals surface area contributed by atoms with Crippen LogP contribution in [-0.4, -0.2) is 18.2 Å². The minimum atomic E-state index is -0.879. The van der Waals surface area contributed by atoms with Crippen molar-refractivity contribution in [3.05, 3.63) is 29.8 Å². The van der Waals surface area contributed by atoms with Crippen molar-refractivity contribution in [2.75, 3.05) is 7.11 Å². The molecule has 0 aliphatic rings. The van der Waals surface area contributed by atoms with Crippen LogP contribution in [0.3, 0.4) is 0 Å². The SMILES string of the molecule is CCC(C#N)(CC(C)C(=O)O)c1cccc(OC)c1. The summed E-state index contributed by atoms with van der Waals surface area (Å²) < 4.78 is 5.17. The summed E-state index contributed by atoms with van der Waals surface area (Å²) in [7, 11) is 1.57. The quantitative estimate of drug-likeness (QED) is 0.854. The third-order valence-corrected chi connectivity index (χ3v) is 3.52. The fraction of sp³-hybridized carbons (Fsp3) is 0.467. The molecule has 4 nitrogen and oxygen atoms in total. The number of ether oxygens (including phenoxy) is 1. The van der Waals surface area contributed by atoms with Crippen molar-refractivity contribution in [3.8, 4) is 11.8 Å². The standard InChI is InChI=1S/C15H19NO3/c1-4-15(10-16,9-11(2)14(17)18)12-6-5-7-13(8-12)19-3/h5-8,11H,4,9H2,1-3H3,(H,17,18). The Labute approximate surface area is 113 Å². The van der Waals surface area contributed by atoms with Crippen LogP contribution in [0.25, 0.3) is 0 Å². The van der Waals surface area contributed by atoms with E-state index in [2.05, 4.69) is 6.07 Å². The summed E-state index contributed by atoms with van der Waals surface area (Å²) >= 11 is 0. The van der Waals surface area contributed by atoms with E-state index in [4.69, 9.17) is 9.84 Å². The van der Waals surface area contributed by atoms with Crippen LogP contribution in [0.1, 0.15) is 32.3 Å². The predicted octanol–water partition coefficient (Wildman–Crippen LogP) is 2.98. The maximum atomic E-state index is 11.0. The van der Waals surface area contributed by atoms with Gasteiger partial charge in [0, 0.05) is 0 Å². The van der Waals surface area contributed by atoms with Crippen LogP contribution >= 0.6 is 0 Å². The fourth-order valence-electron chi connectivity index (χ4n) is 2.19. The molecule has 19 heavy (non-hydrogen) atoms. The summed E-state index contributed by atoms with van der Waals surface area (Å²) in [5, 5.41) is 18.6. The van der Waals surface area contributed by atoms with E-state index >= 15 is 0 Å². The largest absolute Gasteiger partial charge is 0.497 e. The van der Waals surface area contributed by atoms with Gasteiger partial charge >= 0.3 is 5.97 Å². The average molecular weight is 261 g/mol. The highest BCUT2D eigenvalue weighted by Crippen LogP contribution is 2.35. The van der Waals surface area contributed by atoms with Gasteiger partial charge in [0.1, 0.15) is 5.75 Å². The molecule has 1 aromatic rings. The fourth-order valence-corrected chi connectivity index (χ4v) is 2.19. The molecule has 0 aliphatic carbocycles. The van der Waals surface area contributed by atoms with Crippen molar-refractivity contribution in [2.24, 2.45) is 5.92 Å². The molecule has 2 unspecified atom stereocenters. The highest BCUT2D eigenvalue weighted by molar-refractivity contribution is 5.69. The van der Waals surface area contributed by atoms with Crippen molar-refractivity contribution < 1.29 is 14.6 Å². The minimum Gasteiger partial charge on any atom is -0.497 e. The number of carboxylic acid groups (broad SMARTS) is 1. The Balaban J connectivity index is 3.18. The number of aliphatic carboxylic acids is 1. The first-order valence-electron chi connectivity index (χ1n) is 6.27. The lowest BCUT2D eigenvalue weighted by atomic mass is 9.73. The van der Waals surface area contributed by atoms with E-state index < -0.39 is 17.3 Å². The van der Waals surface area contributed by atoms with Crippen LogP contribution < -0.4 is 4.74 Å². The number of nitriles is 1. The molecule has 0 aromatic heterocycles. The maximum absolute atomic E-state index is 11.0. The molecule has 0 radical (unpaired) electrons. The van der Waals surface area contributed by atoms with Crippen LogP contribution in [0.5, 0.6) is 5.75 Å². The second kappa shape index (κ2) is 6.24. The maximum Gasteiger partial charge on any atom is 0.306 e. The van der Waals surface area contributed by atoms with Gasteiger partial charge in [0.25, 0.3) is 0 Å². The Bertz CT molecular complexity index is 492. The summed E-state index contributed by atoms with van der Waals surface area (Å²) in [4.78, 5) is 11.0. The van der Waals surface area contributed by atoms with Crippen LogP contribution in [0, 0.1) is 17.2 Å². The molecular weight excluding hydrogens is 242 g/mol. The highest BCUT2D eigenvalue weighted by Gasteiger charge is 2.34. The van der Waals surface area contributed by atoms with E-state index in [0.717, 1.165) is 5.56 Å². The van der Waals surface area contributed by atoms with Gasteiger partial charge < -0.3 is 9.84 Å². The lowest BCUT2D eigenvalue weighted by molar-refractivity contribution is -0.141. The lowest BCUT2D eigenvalue weighted by Gasteiger charge is -2.27. The van der Waals surface area contributed by atoms with Crippen LogP contribution in [0.2, 0.25) is 0 Å². The number of rotatable bonds is 6. The Hall–Kier alpha value is -2.02. The van der Waals surface area contributed by atoms with E-state index in [1.165, 1.54) is 0 Å². The van der Waals surface area contributed by atoms with Gasteiger partial charge in [-0.3, -0.25) is 4.79 Å². The second-order valence-electron chi connectivity index (χ2n) is 4.72. The third kappa shape index (κ3) is 3.25. The third-order valence-electron chi connectivity index (χ3n) is 3.52. The molecule has 0 aliphatic heterocycles. The van der Waals surface area contributed by atoms with Crippen LogP contribution in [-0.2, 0) is 10.2 Å². The molecule has 4 heteroatoms. The van der Waals surface area contributed by atoms with Crippen molar-refractivity contribution in [2.45, 2.75) is 32.1 Å². The average Bonchev–Trinajstić information content (AvgIpc) is 2.44. The smallest absolute Gasteiger partial charge is 0.306 e. The molecule has 0 saturated carbocycles. The highest BCUT2D eigenvalue weighted by atomic mass is 16.5. The van der Waals surface area contributed by atoms with E-state index in [0.29, 0.717) is 18.6 Å². The lowest BCUT2D eigenvalue weighted by Crippen LogP contribution is -2.28. The zero-order chi connectivity index (χ0) is 14.5. The van der Waals surface area contributed by atoms with Crippen molar-refractivity contribution in [1.82, 2.24) is 0 Å². The first-order chi connectivity index (χ1) is 8.99. The van der Waals surface area contributed by atoms with Gasteiger partial charge in [-0.1, -0.05) is 26.0 Å². The van der Waals surface area contributed by atoms with Crippen molar-refractivity contribution >= 4 is 5.97 Å². The van der Waals surface area contributed by atoms with Gasteiger partial charge in [-0.15, -0.1) is 0 Å². The molecule has 2 atom stereocenters. The van der Waals surface area contributed by atoms with Gasteiger partial charge in [-0.25, -0.2) is 0 Å². The zero-order valence-corrected chi connectivity index (χ0v) is 11.5. The van der Waals surface area contributed by atoms with Crippen molar-refractivity contribution in [3.63, 3.8) is 0 Å². The van der Waals surface area contributed by atoms with Crippen LogP contribution in [0.15, 0.2) is 24.3 Å². The minimum absolute atomic E-state index is 0.294. The molecule has 0 fully saturated rings. The Morgan fingerprint density at radius 2 is 2.26 bits per heavy atom. The summed E-state index contributed by atoms with van der Waals surface area (Å²) in [5.41, 5.74) is 0.0248. The van der Waals surface area contributed by atoms with E-state index in [-0.39, 0.29) is 0 Å². The van der Waals surface area contributed by atoms with Gasteiger partial charge in [0.05, 0.1) is 24.5 Å². The molecule has 1 N–H and O–H groups in total. The zero-order valence-electron chi connectivity index (χ0n) is 11.5. The number of methoxy groups -OCH3 is 1. The Morgan fingerprint density at radius 1 is 1.58 bits per heavy atom. The monoisotopic (exact) mass is 261 g/mol. The Kier molecular flexibility index (Phi) is 4.94. The van der Waals surface area contributed by atoms with Gasteiger partial charge in [-0.2, -0.15) is 5.26 Å². The van der Waals surface area contributed by atoms with Gasteiger partial charge in [-0.05, 0) is 30.5 Å². The first kappa shape index (κ1) is 15.0. The molecule has 0 spiro atoms. The Morgan fingerprint density at radius 3 is 2.74 bits per heavy atom. The number of benzene rings is 1. The number of carbonyl (C=O) groups is 1. The summed E-state index contributed by atoms with van der Waals surface area (Å²) in [5.74, 6) is -0.768. The van der Waals surface area contributed by atoms with Crippen molar-refractivity contribution in [1.29, 1.82) is 5.26 Å². The van der Waals surface area contributed by atoms with Gasteiger partial charge in [0.15, 0.2) is 0 Å². The first-order valence-corrected chi connectivity index (χ1v) is 6.27. The molecule has 102 valence electrons. The van der Waals surface area contributed by atoms with Crippen LogP contribution in [0.4, 0.5) is 0 Å². The second-order valence-corrected chi connectivity index (χ2v) is 4.72. The summed E-state index contributed by atoms with van der Waals surface area (Å²) in [6.07, 6.45) is 0.858. The van der Waals surface area contributed by atoms with E-state index in [9.17, 15) is 10.1 Å². The van der Waals surface area contributed by atoms with Gasteiger partial charge in [0.2, 0.25) is 0 Å². The summed E-state index contributed by atoms with van der Waals surface area (Å²) in [6.45, 7) is 3.53. The molecular formula is C15H19NO3. The molecule has 0 heterocycles. The molecule has 1 rings (SSSR count). The van der Waals surface area contributed by atoms with E-state index in [1.807, 2.05) is 25.1 Å². The number of nitrogens with zero attached hydrogens (tertiary/aromatic N) is 1. The normalized spacial score (nSPS) is 15.1. The molecule has 1 aromatic carbocycles. The number of hydrogen-bond acceptors (Lipinski definition) is 3. The molecule has 0 bridgehead atoms. The summed E-state index contributed by atoms with van der Waals surface area (Å²) in [6, 6.07) is 9.59. The number of hydrogen-bond donors (Lipinski definition) is 1. The molecule has 0 saturated heterocycles.